The second-order valence-electron chi connectivity index (χ2n) is 18.6. The molecule has 15 nitrogen and oxygen atoms in total. The summed E-state index contributed by atoms with van der Waals surface area (Å²) in [5, 5.41) is 57.6. The second-order valence-corrected chi connectivity index (χ2v) is 18.6. The molecule has 1 saturated carbocycles. The maximum absolute atomic E-state index is 14.5. The van der Waals surface area contributed by atoms with E-state index in [9.17, 15) is 39.9 Å². The van der Waals surface area contributed by atoms with Gasteiger partial charge in [-0.2, -0.15) is 0 Å². The molecule has 7 atom stereocenters. The zero-order chi connectivity index (χ0) is 45.6. The molecule has 6 N–H and O–H groups in total. The number of aliphatic hydroxyl groups is 5. The predicted molar refractivity (Wildman–Crippen MR) is 237 cm³/mol. The molecule has 1 aromatic heterocycles. The zero-order valence-corrected chi connectivity index (χ0v) is 37.1. The molecule has 65 heavy (non-hydrogen) atoms. The van der Waals surface area contributed by atoms with E-state index in [2.05, 4.69) is 16.0 Å². The lowest BCUT2D eigenvalue weighted by Gasteiger charge is -2.50. The van der Waals surface area contributed by atoms with Crippen molar-refractivity contribution in [2.24, 2.45) is 23.7 Å². The Morgan fingerprint density at radius 2 is 1.91 bits per heavy atom. The molecule has 2 fully saturated rings. The van der Waals surface area contributed by atoms with Gasteiger partial charge in [-0.15, -0.1) is 0 Å². The van der Waals surface area contributed by atoms with E-state index in [-0.39, 0.29) is 109 Å². The summed E-state index contributed by atoms with van der Waals surface area (Å²) in [4.78, 5) is 47.6. The van der Waals surface area contributed by atoms with Gasteiger partial charge in [0.1, 0.15) is 34.7 Å². The van der Waals surface area contributed by atoms with Crippen LogP contribution >= 0.6 is 0 Å². The Hall–Kier alpha value is -4.87. The van der Waals surface area contributed by atoms with Crippen LogP contribution in [0, 0.1) is 23.7 Å². The summed E-state index contributed by atoms with van der Waals surface area (Å²) >= 11 is 0. The molecule has 9 rings (SSSR count). The molecule has 6 aliphatic rings. The molecule has 0 radical (unpaired) electrons. The lowest BCUT2D eigenvalue weighted by molar-refractivity contribution is -0.141. The first-order valence-corrected chi connectivity index (χ1v) is 23.1. The highest BCUT2D eigenvalue weighted by Crippen LogP contribution is 2.58. The number of aldehydes is 1. The summed E-state index contributed by atoms with van der Waals surface area (Å²) in [5.41, 5.74) is 3.53. The lowest BCUT2D eigenvalue weighted by atomic mass is 9.64. The Morgan fingerprint density at radius 3 is 2.65 bits per heavy atom. The van der Waals surface area contributed by atoms with Crippen LogP contribution in [0.15, 0.2) is 53.0 Å². The number of methoxy groups -OCH3 is 1. The number of piperidine rings is 1. The number of aryl methyl sites for hydroxylation is 1. The van der Waals surface area contributed by atoms with Crippen LogP contribution < -0.4 is 14.2 Å². The molecular weight excluding hydrogens is 837 g/mol. The van der Waals surface area contributed by atoms with Crippen LogP contribution in [-0.2, 0) is 43.3 Å². The quantitative estimate of drug-likeness (QED) is 0.0660. The third-order valence-corrected chi connectivity index (χ3v) is 14.8. The summed E-state index contributed by atoms with van der Waals surface area (Å²) in [6.07, 6.45) is 6.57. The Labute approximate surface area is 377 Å². The van der Waals surface area contributed by atoms with Crippen LogP contribution in [0.1, 0.15) is 79.2 Å². The number of carbonyl (C=O) groups excluding carboxylic acids is 3. The SMILES string of the molecule is CCOC(=O)C1=C(C=O)C2=C3CC(CO)C(=O)C(C3)c3cc4cc[nH]c4cc3CCC(CO)COc3c4c(c(CO)c(c32)O1)OC(C1(O)CC(CO)=CC2CN(CCCOC)CCC21)C4. The number of aliphatic hydroxyl groups excluding tert-OH is 4. The van der Waals surface area contributed by atoms with Crippen molar-refractivity contribution < 1.29 is 63.6 Å². The fourth-order valence-electron chi connectivity index (χ4n) is 11.7. The second kappa shape index (κ2) is 18.8. The monoisotopic (exact) mass is 896 g/mol. The molecule has 5 heterocycles. The van der Waals surface area contributed by atoms with E-state index in [1.807, 2.05) is 24.4 Å². The van der Waals surface area contributed by atoms with Gasteiger partial charge in [0, 0.05) is 92.8 Å². The van der Waals surface area contributed by atoms with Crippen molar-refractivity contribution in [3.8, 4) is 17.2 Å². The van der Waals surface area contributed by atoms with Crippen molar-refractivity contribution in [2.45, 2.75) is 82.5 Å². The first-order valence-electron chi connectivity index (χ1n) is 23.1. The maximum Gasteiger partial charge on any atom is 0.375 e. The number of benzene rings is 2. The summed E-state index contributed by atoms with van der Waals surface area (Å²) in [7, 11) is 1.68. The highest BCUT2D eigenvalue weighted by molar-refractivity contribution is 6.11. The molecule has 0 amide bonds. The minimum absolute atomic E-state index is 0.00530. The standard InChI is InChI=1S/C50H60N2O13/c1-3-62-49(59)48-37(24-56)42-31-14-33(23-55)44(58)35(16-31)34-15-30-7-9-51-40(30)17-29(34)6-5-27(21-53)26-63-46-36-18-41(64-45(36)38(25-57)47(65-48)43(42)46)50(60)19-28(22-54)13-32-20-52(10-4-12-61-2)11-8-39(32)50/h7,9,13,15,17,24,27,32-33,35,39,41,51,53-55,57,60H,3-6,8,10-12,14,16,18-23,25-26H2,1-2H3. The number of Topliss-reactive ketones (excluding diaryl/α,β-unsaturated/α-hetero) is 1. The van der Waals surface area contributed by atoms with Crippen LogP contribution in [0.3, 0.4) is 0 Å². The molecule has 15 heteroatoms. The molecule has 2 bridgehead atoms. The van der Waals surface area contributed by atoms with Gasteiger partial charge < -0.3 is 59.1 Å². The highest BCUT2D eigenvalue weighted by Gasteiger charge is 2.55. The average Bonchev–Trinajstić information content (AvgIpc) is 3.98. The van der Waals surface area contributed by atoms with Crippen LogP contribution in [0.4, 0.5) is 0 Å². The van der Waals surface area contributed by atoms with Crippen LogP contribution in [0.25, 0.3) is 16.5 Å². The number of ketones is 1. The molecule has 0 spiro atoms. The van der Waals surface area contributed by atoms with E-state index >= 15 is 0 Å². The summed E-state index contributed by atoms with van der Waals surface area (Å²) in [5.74, 6) is -3.32. The summed E-state index contributed by atoms with van der Waals surface area (Å²) in [6.45, 7) is 2.97. The van der Waals surface area contributed by atoms with Crippen LogP contribution in [-0.4, -0.2) is 132 Å². The molecule has 3 aromatic rings. The number of aromatic nitrogens is 1. The molecule has 1 saturated heterocycles. The number of hydrogen-bond acceptors (Lipinski definition) is 14. The van der Waals surface area contributed by atoms with Gasteiger partial charge >= 0.3 is 5.97 Å². The fourth-order valence-corrected chi connectivity index (χ4v) is 11.7. The van der Waals surface area contributed by atoms with Gasteiger partial charge in [0.2, 0.25) is 5.76 Å². The van der Waals surface area contributed by atoms with E-state index in [0.717, 1.165) is 41.5 Å². The van der Waals surface area contributed by atoms with Gasteiger partial charge in [-0.05, 0) is 98.2 Å². The van der Waals surface area contributed by atoms with Crippen LogP contribution in [0.2, 0.25) is 0 Å². The molecular formula is C50H60N2O13. The minimum Gasteiger partial charge on any atom is -0.492 e. The first-order chi connectivity index (χ1) is 31.6. The predicted octanol–water partition coefficient (Wildman–Crippen LogP) is 3.84. The first kappa shape index (κ1) is 45.3. The fraction of sp³-hybridized carbons (Fsp3) is 0.540. The number of aromatic amines is 1. The number of nitrogens with one attached hydrogen (secondary N) is 1. The number of fused-ring (bicyclic) bond motifs is 8. The Bertz CT molecular complexity index is 2450. The van der Waals surface area contributed by atoms with Crippen molar-refractivity contribution >= 4 is 34.5 Å². The Kier molecular flexibility index (Phi) is 13.1. The maximum atomic E-state index is 14.5. The van der Waals surface area contributed by atoms with Crippen LogP contribution in [0.5, 0.6) is 17.2 Å². The number of H-pyrrole nitrogens is 1. The molecule has 348 valence electrons. The third-order valence-electron chi connectivity index (χ3n) is 14.8. The van der Waals surface area contributed by atoms with Gasteiger partial charge in [-0.25, -0.2) is 4.79 Å². The Morgan fingerprint density at radius 1 is 1.06 bits per heavy atom. The third kappa shape index (κ3) is 8.02. The minimum atomic E-state index is -1.46. The van der Waals surface area contributed by atoms with Gasteiger partial charge in [-0.3, -0.25) is 9.59 Å². The van der Waals surface area contributed by atoms with Gasteiger partial charge in [0.25, 0.3) is 0 Å². The number of carbonyl (C=O) groups is 3. The Balaban J connectivity index is 1.23. The zero-order valence-electron chi connectivity index (χ0n) is 37.1. The van der Waals surface area contributed by atoms with E-state index in [1.165, 1.54) is 0 Å². The molecule has 2 aliphatic carbocycles. The van der Waals surface area contributed by atoms with E-state index < -0.39 is 54.4 Å². The van der Waals surface area contributed by atoms with Gasteiger partial charge in [0.05, 0.1) is 49.7 Å². The number of likely N-dealkylation sites (tertiary alicyclic amines) is 1. The molecule has 4 aliphatic heterocycles. The number of hydrogen-bond donors (Lipinski definition) is 6. The topological polar surface area (TPSA) is 218 Å². The molecule has 2 aromatic carbocycles. The van der Waals surface area contributed by atoms with E-state index in [0.29, 0.717) is 55.4 Å². The smallest absolute Gasteiger partial charge is 0.375 e. The van der Waals surface area contributed by atoms with E-state index in [1.54, 1.807) is 14.0 Å². The van der Waals surface area contributed by atoms with Crippen molar-refractivity contribution in [1.29, 1.82) is 0 Å². The lowest BCUT2D eigenvalue weighted by Crippen LogP contribution is -2.59. The van der Waals surface area contributed by atoms with Crippen molar-refractivity contribution in [3.05, 3.63) is 80.8 Å². The summed E-state index contributed by atoms with van der Waals surface area (Å²) in [6, 6.07) is 5.96. The van der Waals surface area contributed by atoms with Crippen molar-refractivity contribution in [2.75, 3.05) is 66.4 Å². The number of allylic oxidation sites excluding steroid dienone is 3. The largest absolute Gasteiger partial charge is 0.492 e. The molecule has 7 unspecified atom stereocenters. The number of rotatable bonds is 12. The van der Waals surface area contributed by atoms with Crippen molar-refractivity contribution in [3.63, 3.8) is 0 Å². The van der Waals surface area contributed by atoms with Gasteiger partial charge in [-0.1, -0.05) is 11.6 Å². The van der Waals surface area contributed by atoms with Crippen molar-refractivity contribution in [1.82, 2.24) is 9.88 Å². The van der Waals surface area contributed by atoms with Gasteiger partial charge in [0.15, 0.2) is 6.29 Å². The highest BCUT2D eigenvalue weighted by atomic mass is 16.6. The normalized spacial score (nSPS) is 27.7. The average molecular weight is 897 g/mol. The number of ether oxygens (including phenoxy) is 5. The number of esters is 1. The van der Waals surface area contributed by atoms with E-state index in [4.69, 9.17) is 23.7 Å². The summed E-state index contributed by atoms with van der Waals surface area (Å²) < 4.78 is 31.0. The number of nitrogens with zero attached hydrogens (tertiary/aromatic N) is 1.